The zero-order valence-corrected chi connectivity index (χ0v) is 11.3. The van der Waals surface area contributed by atoms with Gasteiger partial charge >= 0.3 is 5.97 Å². The fraction of sp³-hybridized carbons (Fsp3) is 0.333. The Morgan fingerprint density at radius 2 is 2.30 bits per heavy atom. The molecule has 106 valence electrons. The van der Waals surface area contributed by atoms with Crippen molar-refractivity contribution in [2.24, 2.45) is 0 Å². The van der Waals surface area contributed by atoms with Crippen LogP contribution in [0.15, 0.2) is 35.9 Å². The van der Waals surface area contributed by atoms with Gasteiger partial charge in [-0.1, -0.05) is 6.07 Å². The molecular weight excluding hydrogens is 258 g/mol. The quantitative estimate of drug-likeness (QED) is 0.837. The largest absolute Gasteiger partial charge is 0.489 e. The molecule has 5 nitrogen and oxygen atoms in total. The standard InChI is InChI=1S/C15H17NO4/c1-11(15(18)19)7-9-20-13-5-2-4-12(10-13)16-8-3-6-14(16)17/h2,4-5,7,10H,3,6,8-9H2,1H3,(H,18,19). The number of benzene rings is 1. The van der Waals surface area contributed by atoms with Gasteiger partial charge in [0, 0.05) is 30.3 Å². The van der Waals surface area contributed by atoms with Gasteiger partial charge in [-0.2, -0.15) is 0 Å². The van der Waals surface area contributed by atoms with E-state index in [1.165, 1.54) is 13.0 Å². The molecule has 0 atom stereocenters. The molecule has 0 spiro atoms. The van der Waals surface area contributed by atoms with Crippen LogP contribution in [0.25, 0.3) is 0 Å². The number of anilines is 1. The van der Waals surface area contributed by atoms with E-state index in [1.807, 2.05) is 12.1 Å². The number of hydrogen-bond acceptors (Lipinski definition) is 3. The second-order valence-corrected chi connectivity index (χ2v) is 4.65. The van der Waals surface area contributed by atoms with Gasteiger partial charge in [0.2, 0.25) is 5.91 Å². The summed E-state index contributed by atoms with van der Waals surface area (Å²) in [7, 11) is 0. The predicted octanol–water partition coefficient (Wildman–Crippen LogP) is 2.22. The summed E-state index contributed by atoms with van der Waals surface area (Å²) < 4.78 is 5.48. The van der Waals surface area contributed by atoms with Gasteiger partial charge in [0.05, 0.1) is 0 Å². The number of carboxylic acid groups (broad SMARTS) is 1. The normalized spacial score (nSPS) is 15.6. The van der Waals surface area contributed by atoms with Crippen molar-refractivity contribution in [1.82, 2.24) is 0 Å². The number of amides is 1. The maximum atomic E-state index is 11.7. The number of aliphatic carboxylic acids is 1. The van der Waals surface area contributed by atoms with Crippen molar-refractivity contribution >= 4 is 17.6 Å². The lowest BCUT2D eigenvalue weighted by atomic mass is 10.2. The van der Waals surface area contributed by atoms with Crippen LogP contribution in [0.3, 0.4) is 0 Å². The summed E-state index contributed by atoms with van der Waals surface area (Å²) in [6, 6.07) is 7.28. The molecule has 1 aromatic carbocycles. The van der Waals surface area contributed by atoms with Crippen molar-refractivity contribution in [3.8, 4) is 5.75 Å². The third-order valence-electron chi connectivity index (χ3n) is 3.18. The minimum Gasteiger partial charge on any atom is -0.489 e. The number of ether oxygens (including phenoxy) is 1. The molecule has 1 N–H and O–H groups in total. The zero-order valence-electron chi connectivity index (χ0n) is 11.3. The van der Waals surface area contributed by atoms with Crippen LogP contribution in [-0.2, 0) is 9.59 Å². The van der Waals surface area contributed by atoms with E-state index in [0.717, 1.165) is 18.7 Å². The molecule has 2 rings (SSSR count). The van der Waals surface area contributed by atoms with Gasteiger partial charge < -0.3 is 14.7 Å². The lowest BCUT2D eigenvalue weighted by Crippen LogP contribution is -2.23. The fourth-order valence-electron chi connectivity index (χ4n) is 2.01. The first kappa shape index (κ1) is 14.1. The Labute approximate surface area is 117 Å². The van der Waals surface area contributed by atoms with Crippen molar-refractivity contribution in [3.63, 3.8) is 0 Å². The van der Waals surface area contributed by atoms with Gasteiger partial charge in [-0.05, 0) is 31.6 Å². The Hall–Kier alpha value is -2.30. The van der Waals surface area contributed by atoms with Gasteiger partial charge in [-0.15, -0.1) is 0 Å². The number of rotatable bonds is 5. The first-order valence-corrected chi connectivity index (χ1v) is 6.51. The molecule has 0 radical (unpaired) electrons. The molecule has 5 heteroatoms. The molecule has 0 saturated carbocycles. The Kier molecular flexibility index (Phi) is 4.40. The van der Waals surface area contributed by atoms with E-state index in [9.17, 15) is 9.59 Å². The topological polar surface area (TPSA) is 66.8 Å². The SMILES string of the molecule is CC(=CCOc1cccc(N2CCCC2=O)c1)C(=O)O. The molecule has 0 bridgehead atoms. The Bertz CT molecular complexity index is 551. The molecule has 20 heavy (non-hydrogen) atoms. The number of hydrogen-bond donors (Lipinski definition) is 1. The summed E-state index contributed by atoms with van der Waals surface area (Å²) in [5.74, 6) is -0.203. The van der Waals surface area contributed by atoms with E-state index in [-0.39, 0.29) is 18.1 Å². The lowest BCUT2D eigenvalue weighted by molar-refractivity contribution is -0.132. The second-order valence-electron chi connectivity index (χ2n) is 4.65. The average Bonchev–Trinajstić information content (AvgIpc) is 2.85. The van der Waals surface area contributed by atoms with Gasteiger partial charge in [0.1, 0.15) is 12.4 Å². The molecule has 1 aliphatic heterocycles. The lowest BCUT2D eigenvalue weighted by Gasteiger charge is -2.16. The highest BCUT2D eigenvalue weighted by Gasteiger charge is 2.21. The first-order chi connectivity index (χ1) is 9.58. The molecular formula is C15H17NO4. The van der Waals surface area contributed by atoms with Crippen LogP contribution in [0.5, 0.6) is 5.75 Å². The van der Waals surface area contributed by atoms with E-state index in [2.05, 4.69) is 0 Å². The summed E-state index contributed by atoms with van der Waals surface area (Å²) in [4.78, 5) is 24.1. The van der Waals surface area contributed by atoms with Crippen molar-refractivity contribution in [2.75, 3.05) is 18.1 Å². The molecule has 1 aliphatic rings. The number of carbonyl (C=O) groups excluding carboxylic acids is 1. The monoisotopic (exact) mass is 275 g/mol. The molecule has 1 amide bonds. The third-order valence-corrected chi connectivity index (χ3v) is 3.18. The second kappa shape index (κ2) is 6.23. The van der Waals surface area contributed by atoms with E-state index in [4.69, 9.17) is 9.84 Å². The Balaban J connectivity index is 2.01. The highest BCUT2D eigenvalue weighted by Crippen LogP contribution is 2.25. The molecule has 1 saturated heterocycles. The summed E-state index contributed by atoms with van der Waals surface area (Å²) in [6.07, 6.45) is 2.98. The molecule has 0 aromatic heterocycles. The van der Waals surface area contributed by atoms with Crippen LogP contribution in [0.4, 0.5) is 5.69 Å². The number of nitrogens with zero attached hydrogens (tertiary/aromatic N) is 1. The van der Waals surface area contributed by atoms with Crippen LogP contribution in [0, 0.1) is 0 Å². The maximum Gasteiger partial charge on any atom is 0.331 e. The predicted molar refractivity (Wildman–Crippen MR) is 74.9 cm³/mol. The third kappa shape index (κ3) is 3.38. The first-order valence-electron chi connectivity index (χ1n) is 6.51. The molecule has 1 fully saturated rings. The summed E-state index contributed by atoms with van der Waals surface area (Å²) in [5, 5.41) is 8.73. The smallest absolute Gasteiger partial charge is 0.331 e. The zero-order chi connectivity index (χ0) is 14.5. The van der Waals surface area contributed by atoms with E-state index in [0.29, 0.717) is 12.2 Å². The number of carboxylic acids is 1. The van der Waals surface area contributed by atoms with Crippen LogP contribution in [0.1, 0.15) is 19.8 Å². The molecule has 1 aromatic rings. The molecule has 1 heterocycles. The van der Waals surface area contributed by atoms with E-state index >= 15 is 0 Å². The Morgan fingerprint density at radius 3 is 2.95 bits per heavy atom. The summed E-state index contributed by atoms with van der Waals surface area (Å²) in [6.45, 7) is 2.45. The maximum absolute atomic E-state index is 11.7. The highest BCUT2D eigenvalue weighted by molar-refractivity contribution is 5.95. The van der Waals surface area contributed by atoms with Crippen LogP contribution < -0.4 is 9.64 Å². The Morgan fingerprint density at radius 1 is 1.50 bits per heavy atom. The van der Waals surface area contributed by atoms with Crippen molar-refractivity contribution in [2.45, 2.75) is 19.8 Å². The van der Waals surface area contributed by atoms with Crippen LogP contribution >= 0.6 is 0 Å². The van der Waals surface area contributed by atoms with Crippen LogP contribution in [-0.4, -0.2) is 30.1 Å². The van der Waals surface area contributed by atoms with E-state index < -0.39 is 5.97 Å². The van der Waals surface area contributed by atoms with Crippen LogP contribution in [0.2, 0.25) is 0 Å². The molecule has 0 aliphatic carbocycles. The van der Waals surface area contributed by atoms with Gasteiger partial charge in [0.25, 0.3) is 0 Å². The van der Waals surface area contributed by atoms with Crippen molar-refractivity contribution in [1.29, 1.82) is 0 Å². The van der Waals surface area contributed by atoms with Gasteiger partial charge in [0.15, 0.2) is 0 Å². The minimum absolute atomic E-state index is 0.128. The highest BCUT2D eigenvalue weighted by atomic mass is 16.5. The van der Waals surface area contributed by atoms with Crippen molar-refractivity contribution in [3.05, 3.63) is 35.9 Å². The minimum atomic E-state index is -0.954. The fourth-order valence-corrected chi connectivity index (χ4v) is 2.01. The van der Waals surface area contributed by atoms with Gasteiger partial charge in [-0.25, -0.2) is 4.79 Å². The number of carbonyl (C=O) groups is 2. The van der Waals surface area contributed by atoms with Gasteiger partial charge in [-0.3, -0.25) is 4.79 Å². The average molecular weight is 275 g/mol. The van der Waals surface area contributed by atoms with E-state index in [1.54, 1.807) is 17.0 Å². The van der Waals surface area contributed by atoms with Crippen molar-refractivity contribution < 1.29 is 19.4 Å². The molecule has 0 unspecified atom stereocenters. The summed E-state index contributed by atoms with van der Waals surface area (Å²) >= 11 is 0. The summed E-state index contributed by atoms with van der Waals surface area (Å²) in [5.41, 5.74) is 1.07.